The number of ketones is 1. The highest BCUT2D eigenvalue weighted by Gasteiger charge is 2.44. The fourth-order valence-corrected chi connectivity index (χ4v) is 5.15. The first kappa shape index (κ1) is 24.2. The van der Waals surface area contributed by atoms with Crippen LogP contribution in [-0.4, -0.2) is 22.9 Å². The molecule has 34 heavy (non-hydrogen) atoms. The van der Waals surface area contributed by atoms with Crippen LogP contribution in [0.1, 0.15) is 58.6 Å². The molecule has 3 aromatic rings. The van der Waals surface area contributed by atoms with E-state index in [-0.39, 0.29) is 24.2 Å². The van der Waals surface area contributed by atoms with E-state index in [4.69, 9.17) is 16.3 Å². The van der Waals surface area contributed by atoms with E-state index < -0.39 is 5.41 Å². The van der Waals surface area contributed by atoms with Gasteiger partial charge in [-0.15, -0.1) is 0 Å². The first-order chi connectivity index (χ1) is 16.3. The van der Waals surface area contributed by atoms with Crippen LogP contribution in [-0.2, 0) is 27.9 Å². The van der Waals surface area contributed by atoms with Crippen molar-refractivity contribution >= 4 is 23.4 Å². The normalized spacial score (nSPS) is 14.8. The topological polar surface area (TPSA) is 48.3 Å². The van der Waals surface area contributed by atoms with Gasteiger partial charge in [0, 0.05) is 28.5 Å². The Balaban J connectivity index is 1.43. The molecule has 1 aliphatic carbocycles. The summed E-state index contributed by atoms with van der Waals surface area (Å²) in [6.07, 6.45) is 4.03. The van der Waals surface area contributed by atoms with Crippen LogP contribution in [0.25, 0.3) is 0 Å². The predicted molar refractivity (Wildman–Crippen MR) is 131 cm³/mol. The third-order valence-corrected chi connectivity index (χ3v) is 7.24. The van der Waals surface area contributed by atoms with E-state index >= 15 is 0 Å². The highest BCUT2D eigenvalue weighted by molar-refractivity contribution is 6.30. The zero-order chi connectivity index (χ0) is 24.3. The molecule has 1 aromatic heterocycles. The number of esters is 1. The molecule has 1 saturated carbocycles. The molecule has 1 fully saturated rings. The Kier molecular flexibility index (Phi) is 7.22. The first-order valence-corrected chi connectivity index (χ1v) is 12.1. The number of ether oxygens (including phenoxy) is 1. The van der Waals surface area contributed by atoms with Gasteiger partial charge in [0.1, 0.15) is 5.82 Å². The SMILES string of the molecule is Cc1cc(C(=O)COC(=O)C2(c3ccc(Cl)cc3)CCCC2)c(C)n1CCc1ccc(F)cc1. The lowest BCUT2D eigenvalue weighted by atomic mass is 9.79. The zero-order valence-corrected chi connectivity index (χ0v) is 20.3. The Labute approximate surface area is 204 Å². The van der Waals surface area contributed by atoms with Crippen molar-refractivity contribution < 1.29 is 18.7 Å². The predicted octanol–water partition coefficient (Wildman–Crippen LogP) is 6.38. The van der Waals surface area contributed by atoms with Crippen molar-refractivity contribution in [3.8, 4) is 0 Å². The van der Waals surface area contributed by atoms with Crippen LogP contribution in [0.4, 0.5) is 4.39 Å². The molecule has 2 aromatic carbocycles. The van der Waals surface area contributed by atoms with Gasteiger partial charge in [-0.2, -0.15) is 0 Å². The van der Waals surface area contributed by atoms with Crippen LogP contribution in [0.5, 0.6) is 0 Å². The number of nitrogens with zero attached hydrogens (tertiary/aromatic N) is 1. The maximum Gasteiger partial charge on any atom is 0.317 e. The van der Waals surface area contributed by atoms with E-state index in [0.717, 1.165) is 41.8 Å². The van der Waals surface area contributed by atoms with Crippen molar-refractivity contribution in [3.05, 3.63) is 93.5 Å². The van der Waals surface area contributed by atoms with E-state index in [9.17, 15) is 14.0 Å². The number of carbonyl (C=O) groups is 2. The molecule has 0 bridgehead atoms. The Bertz CT molecular complexity index is 1180. The summed E-state index contributed by atoms with van der Waals surface area (Å²) in [5, 5.41) is 0.621. The van der Waals surface area contributed by atoms with E-state index in [0.29, 0.717) is 30.0 Å². The van der Waals surface area contributed by atoms with Gasteiger partial charge < -0.3 is 9.30 Å². The van der Waals surface area contributed by atoms with Gasteiger partial charge in [-0.3, -0.25) is 9.59 Å². The maximum absolute atomic E-state index is 13.2. The minimum absolute atomic E-state index is 0.210. The fourth-order valence-electron chi connectivity index (χ4n) is 5.02. The molecule has 0 saturated heterocycles. The van der Waals surface area contributed by atoms with Gasteiger partial charge in [0.2, 0.25) is 5.78 Å². The van der Waals surface area contributed by atoms with E-state index in [1.165, 1.54) is 12.1 Å². The number of hydrogen-bond donors (Lipinski definition) is 0. The molecular formula is C28H29ClFNO3. The number of benzene rings is 2. The highest BCUT2D eigenvalue weighted by atomic mass is 35.5. The monoisotopic (exact) mass is 481 g/mol. The van der Waals surface area contributed by atoms with Gasteiger partial charge in [0.15, 0.2) is 6.61 Å². The summed E-state index contributed by atoms with van der Waals surface area (Å²) in [7, 11) is 0. The molecule has 0 amide bonds. The minimum atomic E-state index is -0.711. The first-order valence-electron chi connectivity index (χ1n) is 11.7. The second-order valence-electron chi connectivity index (χ2n) is 9.11. The summed E-state index contributed by atoms with van der Waals surface area (Å²) in [6.45, 7) is 4.25. The largest absolute Gasteiger partial charge is 0.457 e. The lowest BCUT2D eigenvalue weighted by Crippen LogP contribution is -2.35. The third-order valence-electron chi connectivity index (χ3n) is 6.99. The number of aryl methyl sites for hydroxylation is 2. The Morgan fingerprint density at radius 1 is 1.03 bits per heavy atom. The van der Waals surface area contributed by atoms with Crippen LogP contribution < -0.4 is 0 Å². The number of halogens is 2. The summed E-state index contributed by atoms with van der Waals surface area (Å²) in [5.41, 5.74) is 3.58. The molecule has 178 valence electrons. The van der Waals surface area contributed by atoms with Crippen LogP contribution in [0.15, 0.2) is 54.6 Å². The molecule has 0 N–H and O–H groups in total. The summed E-state index contributed by atoms with van der Waals surface area (Å²) in [5.74, 6) is -0.806. The van der Waals surface area contributed by atoms with Crippen molar-refractivity contribution in [2.75, 3.05) is 6.61 Å². The number of carbonyl (C=O) groups excluding carboxylic acids is 2. The molecule has 4 nitrogen and oxygen atoms in total. The van der Waals surface area contributed by atoms with E-state index in [1.54, 1.807) is 24.3 Å². The van der Waals surface area contributed by atoms with Gasteiger partial charge >= 0.3 is 5.97 Å². The number of aromatic nitrogens is 1. The van der Waals surface area contributed by atoms with Gasteiger partial charge in [0.05, 0.1) is 5.41 Å². The highest BCUT2D eigenvalue weighted by Crippen LogP contribution is 2.42. The maximum atomic E-state index is 13.2. The van der Waals surface area contributed by atoms with E-state index in [1.807, 2.05) is 32.0 Å². The summed E-state index contributed by atoms with van der Waals surface area (Å²) >= 11 is 6.03. The minimum Gasteiger partial charge on any atom is -0.457 e. The fraction of sp³-hybridized carbons (Fsp3) is 0.357. The zero-order valence-electron chi connectivity index (χ0n) is 19.6. The molecule has 6 heteroatoms. The molecule has 4 rings (SSSR count). The molecule has 0 aliphatic heterocycles. The Hall–Kier alpha value is -2.92. The molecule has 1 heterocycles. The van der Waals surface area contributed by atoms with Crippen molar-refractivity contribution in [1.82, 2.24) is 4.57 Å². The van der Waals surface area contributed by atoms with Crippen molar-refractivity contribution in [2.45, 2.75) is 57.9 Å². The number of rotatable bonds is 8. The van der Waals surface area contributed by atoms with Crippen LogP contribution >= 0.6 is 11.6 Å². The van der Waals surface area contributed by atoms with Gasteiger partial charge in [-0.1, -0.05) is 48.7 Å². The van der Waals surface area contributed by atoms with Crippen molar-refractivity contribution in [2.24, 2.45) is 0 Å². The quantitative estimate of drug-likeness (QED) is 0.277. The Morgan fingerprint density at radius 2 is 1.68 bits per heavy atom. The second kappa shape index (κ2) is 10.1. The standard InChI is InChI=1S/C28H29ClFNO3/c1-19-17-25(20(2)31(19)16-13-21-5-11-24(30)12-6-21)26(32)18-34-27(33)28(14-3-4-15-28)22-7-9-23(29)10-8-22/h5-12,17H,3-4,13-16,18H2,1-2H3. The average molecular weight is 482 g/mol. The summed E-state index contributed by atoms with van der Waals surface area (Å²) < 4.78 is 20.8. The third kappa shape index (κ3) is 4.95. The molecule has 0 spiro atoms. The van der Waals surface area contributed by atoms with E-state index in [2.05, 4.69) is 4.57 Å². The van der Waals surface area contributed by atoms with Crippen LogP contribution in [0.2, 0.25) is 5.02 Å². The lowest BCUT2D eigenvalue weighted by molar-refractivity contribution is -0.149. The number of hydrogen-bond acceptors (Lipinski definition) is 3. The average Bonchev–Trinajstić information content (AvgIpc) is 3.43. The van der Waals surface area contributed by atoms with Gasteiger partial charge in [-0.05, 0) is 74.6 Å². The van der Waals surface area contributed by atoms with Gasteiger partial charge in [-0.25, -0.2) is 4.39 Å². The molecule has 0 radical (unpaired) electrons. The second-order valence-corrected chi connectivity index (χ2v) is 9.54. The summed E-state index contributed by atoms with van der Waals surface area (Å²) in [6, 6.07) is 15.6. The molecule has 1 aliphatic rings. The summed E-state index contributed by atoms with van der Waals surface area (Å²) in [4.78, 5) is 26.2. The molecule has 0 unspecified atom stereocenters. The van der Waals surface area contributed by atoms with Crippen molar-refractivity contribution in [1.29, 1.82) is 0 Å². The molecular weight excluding hydrogens is 453 g/mol. The van der Waals surface area contributed by atoms with Gasteiger partial charge in [0.25, 0.3) is 0 Å². The number of Topliss-reactive ketones (excluding diaryl/α,β-unsaturated/α-hetero) is 1. The van der Waals surface area contributed by atoms with Crippen molar-refractivity contribution in [3.63, 3.8) is 0 Å². The van der Waals surface area contributed by atoms with Crippen LogP contribution in [0.3, 0.4) is 0 Å². The van der Waals surface area contributed by atoms with Crippen LogP contribution in [0, 0.1) is 19.7 Å². The smallest absolute Gasteiger partial charge is 0.317 e. The molecule has 0 atom stereocenters. The Morgan fingerprint density at radius 3 is 2.32 bits per heavy atom. The lowest BCUT2D eigenvalue weighted by Gasteiger charge is -2.27.